The van der Waals surface area contributed by atoms with Crippen LogP contribution < -0.4 is 21.5 Å². The Morgan fingerprint density at radius 1 is 1.08 bits per heavy atom. The fraction of sp³-hybridized carbons (Fsp3) is 0.353. The van der Waals surface area contributed by atoms with Crippen molar-refractivity contribution in [2.24, 2.45) is 14.1 Å². The number of imidazole rings is 1. The molecule has 1 aliphatic heterocycles. The monoisotopic (exact) mass is 356 g/mol. The Balaban J connectivity index is 2.14. The number of aromatic hydroxyl groups is 1. The molecule has 1 saturated heterocycles. The second kappa shape index (κ2) is 6.03. The van der Waals surface area contributed by atoms with Crippen LogP contribution >= 0.6 is 0 Å². The van der Waals surface area contributed by atoms with Crippen molar-refractivity contribution in [3.05, 3.63) is 45.1 Å². The average molecular weight is 356 g/mol. The zero-order chi connectivity index (χ0) is 18.4. The molecular formula is C17H20N6O3. The van der Waals surface area contributed by atoms with Gasteiger partial charge in [-0.2, -0.15) is 4.98 Å². The first kappa shape index (κ1) is 16.4. The van der Waals surface area contributed by atoms with Gasteiger partial charge >= 0.3 is 5.69 Å². The average Bonchev–Trinajstić information content (AvgIpc) is 3.06. The van der Waals surface area contributed by atoms with Gasteiger partial charge in [-0.05, 0) is 12.1 Å². The van der Waals surface area contributed by atoms with Crippen LogP contribution in [0.2, 0.25) is 0 Å². The van der Waals surface area contributed by atoms with E-state index in [0.717, 1.165) is 17.7 Å². The Morgan fingerprint density at radius 2 is 1.77 bits per heavy atom. The maximum absolute atomic E-state index is 12.9. The number of aromatic nitrogens is 4. The van der Waals surface area contributed by atoms with Gasteiger partial charge in [-0.25, -0.2) is 4.79 Å². The minimum absolute atomic E-state index is 0.0408. The predicted octanol–water partition coefficient (Wildman–Crippen LogP) is -0.462. The zero-order valence-electron chi connectivity index (χ0n) is 14.6. The van der Waals surface area contributed by atoms with Crippen LogP contribution in [0.5, 0.6) is 5.75 Å². The van der Waals surface area contributed by atoms with Crippen LogP contribution in [-0.2, 0) is 14.1 Å². The van der Waals surface area contributed by atoms with Crippen molar-refractivity contribution in [2.45, 2.75) is 0 Å². The van der Waals surface area contributed by atoms with Crippen LogP contribution in [-0.4, -0.2) is 50.0 Å². The molecule has 4 rings (SSSR count). The second-order valence-corrected chi connectivity index (χ2v) is 6.35. The molecule has 1 fully saturated rings. The third-order valence-electron chi connectivity index (χ3n) is 4.76. The highest BCUT2D eigenvalue weighted by Crippen LogP contribution is 2.29. The van der Waals surface area contributed by atoms with E-state index >= 15 is 0 Å². The fourth-order valence-corrected chi connectivity index (χ4v) is 3.34. The van der Waals surface area contributed by atoms with E-state index in [4.69, 9.17) is 0 Å². The van der Waals surface area contributed by atoms with E-state index in [1.165, 1.54) is 11.6 Å². The van der Waals surface area contributed by atoms with Crippen molar-refractivity contribution in [3.63, 3.8) is 0 Å². The number of para-hydroxylation sites is 2. The topological polar surface area (TPSA) is 97.3 Å². The standard InChI is InChI=1S/C17H20N6O3/c1-20-14-13(15(25)21(2)17(20)26)23(11-5-3-4-6-12(11)24)16(19-14)22-9-7-18-8-10-22/h3-6,18,24H,7-10H2,1-2H3. The number of phenols is 1. The van der Waals surface area contributed by atoms with Crippen molar-refractivity contribution in [2.75, 3.05) is 31.1 Å². The fourth-order valence-electron chi connectivity index (χ4n) is 3.34. The highest BCUT2D eigenvalue weighted by Gasteiger charge is 2.25. The summed E-state index contributed by atoms with van der Waals surface area (Å²) in [5.74, 6) is 0.584. The van der Waals surface area contributed by atoms with Gasteiger partial charge in [0.05, 0.1) is 5.69 Å². The summed E-state index contributed by atoms with van der Waals surface area (Å²) >= 11 is 0. The smallest absolute Gasteiger partial charge is 0.332 e. The molecule has 3 heterocycles. The van der Waals surface area contributed by atoms with E-state index in [2.05, 4.69) is 10.3 Å². The Hall–Kier alpha value is -3.07. The van der Waals surface area contributed by atoms with Crippen molar-refractivity contribution >= 4 is 17.1 Å². The van der Waals surface area contributed by atoms with Gasteiger partial charge in [-0.15, -0.1) is 0 Å². The number of rotatable bonds is 2. The number of anilines is 1. The lowest BCUT2D eigenvalue weighted by Gasteiger charge is -2.28. The van der Waals surface area contributed by atoms with Gasteiger partial charge < -0.3 is 15.3 Å². The number of piperazine rings is 1. The molecule has 3 aromatic rings. The summed E-state index contributed by atoms with van der Waals surface area (Å²) in [4.78, 5) is 31.9. The first-order chi connectivity index (χ1) is 12.5. The summed E-state index contributed by atoms with van der Waals surface area (Å²) in [5, 5.41) is 13.7. The van der Waals surface area contributed by atoms with Crippen LogP contribution in [0.15, 0.2) is 33.9 Å². The lowest BCUT2D eigenvalue weighted by atomic mass is 10.3. The van der Waals surface area contributed by atoms with Crippen LogP contribution in [0.1, 0.15) is 0 Å². The maximum Gasteiger partial charge on any atom is 0.332 e. The highest BCUT2D eigenvalue weighted by atomic mass is 16.3. The van der Waals surface area contributed by atoms with Crippen molar-refractivity contribution < 1.29 is 5.11 Å². The largest absolute Gasteiger partial charge is 0.506 e. The van der Waals surface area contributed by atoms with Gasteiger partial charge in [0.25, 0.3) is 5.56 Å². The second-order valence-electron chi connectivity index (χ2n) is 6.35. The maximum atomic E-state index is 12.9. The van der Waals surface area contributed by atoms with Crippen molar-refractivity contribution in [1.29, 1.82) is 0 Å². The van der Waals surface area contributed by atoms with E-state index in [9.17, 15) is 14.7 Å². The quantitative estimate of drug-likeness (QED) is 0.645. The number of hydrogen-bond acceptors (Lipinski definition) is 6. The molecule has 0 radical (unpaired) electrons. The van der Waals surface area contributed by atoms with Gasteiger partial charge in [0, 0.05) is 40.3 Å². The molecule has 0 amide bonds. The molecule has 9 nitrogen and oxygen atoms in total. The first-order valence-electron chi connectivity index (χ1n) is 8.43. The summed E-state index contributed by atoms with van der Waals surface area (Å²) < 4.78 is 4.07. The van der Waals surface area contributed by atoms with Gasteiger partial charge in [0.2, 0.25) is 5.95 Å². The van der Waals surface area contributed by atoms with E-state index in [1.54, 1.807) is 35.9 Å². The Labute approximate surface area is 148 Å². The summed E-state index contributed by atoms with van der Waals surface area (Å²) in [7, 11) is 3.03. The van der Waals surface area contributed by atoms with E-state index < -0.39 is 11.2 Å². The van der Waals surface area contributed by atoms with E-state index in [-0.39, 0.29) is 11.3 Å². The van der Waals surface area contributed by atoms with Crippen molar-refractivity contribution in [3.8, 4) is 11.4 Å². The molecule has 26 heavy (non-hydrogen) atoms. The SMILES string of the molecule is Cn1c(=O)c2c(nc(N3CCNCC3)n2-c2ccccc2O)n(C)c1=O. The summed E-state index contributed by atoms with van der Waals surface area (Å²) in [6.45, 7) is 3.01. The zero-order valence-corrected chi connectivity index (χ0v) is 14.6. The summed E-state index contributed by atoms with van der Waals surface area (Å²) in [6, 6.07) is 6.80. The number of hydrogen-bond donors (Lipinski definition) is 2. The molecule has 0 atom stereocenters. The van der Waals surface area contributed by atoms with Crippen LogP contribution in [0, 0.1) is 0 Å². The third-order valence-corrected chi connectivity index (χ3v) is 4.76. The molecule has 0 aliphatic carbocycles. The number of nitrogens with one attached hydrogen (secondary N) is 1. The van der Waals surface area contributed by atoms with Gasteiger partial charge in [0.15, 0.2) is 11.2 Å². The minimum Gasteiger partial charge on any atom is -0.506 e. The molecule has 2 N–H and O–H groups in total. The number of aryl methyl sites for hydroxylation is 1. The predicted molar refractivity (Wildman–Crippen MR) is 98.3 cm³/mol. The number of benzene rings is 1. The Morgan fingerprint density at radius 3 is 2.46 bits per heavy atom. The molecule has 0 unspecified atom stereocenters. The van der Waals surface area contributed by atoms with Gasteiger partial charge in [-0.3, -0.25) is 18.5 Å². The van der Waals surface area contributed by atoms with E-state index in [0.29, 0.717) is 30.4 Å². The normalized spacial score (nSPS) is 14.9. The van der Waals surface area contributed by atoms with Crippen molar-refractivity contribution in [1.82, 2.24) is 24.0 Å². The number of phenolic OH excluding ortho intramolecular Hbond substituents is 1. The Bertz CT molecular complexity index is 1100. The van der Waals surface area contributed by atoms with Crippen LogP contribution in [0.3, 0.4) is 0 Å². The molecule has 136 valence electrons. The molecule has 0 bridgehead atoms. The highest BCUT2D eigenvalue weighted by molar-refractivity contribution is 5.78. The minimum atomic E-state index is -0.444. The first-order valence-corrected chi connectivity index (χ1v) is 8.43. The molecular weight excluding hydrogens is 336 g/mol. The molecule has 9 heteroatoms. The van der Waals surface area contributed by atoms with Gasteiger partial charge in [0.1, 0.15) is 5.75 Å². The molecule has 1 aromatic carbocycles. The van der Waals surface area contributed by atoms with E-state index in [1.807, 2.05) is 4.90 Å². The lowest BCUT2D eigenvalue weighted by molar-refractivity contribution is 0.472. The summed E-state index contributed by atoms with van der Waals surface area (Å²) in [6.07, 6.45) is 0. The van der Waals surface area contributed by atoms with Crippen LogP contribution in [0.25, 0.3) is 16.9 Å². The third kappa shape index (κ3) is 2.31. The molecule has 2 aromatic heterocycles. The summed E-state index contributed by atoms with van der Waals surface area (Å²) in [5.41, 5.74) is 0.148. The number of nitrogens with zero attached hydrogens (tertiary/aromatic N) is 5. The Kier molecular flexibility index (Phi) is 3.80. The molecule has 1 aliphatic rings. The van der Waals surface area contributed by atoms with Crippen LogP contribution in [0.4, 0.5) is 5.95 Å². The van der Waals surface area contributed by atoms with Gasteiger partial charge in [-0.1, -0.05) is 12.1 Å². The lowest BCUT2D eigenvalue weighted by Crippen LogP contribution is -2.44. The molecule has 0 saturated carbocycles. The molecule has 0 spiro atoms. The number of fused-ring (bicyclic) bond motifs is 1.